The SMILES string of the molecule is COC1(CC(=O)N2CCC(CC(=O)O)CC2)CCC1. The van der Waals surface area contributed by atoms with Crippen molar-refractivity contribution < 1.29 is 19.4 Å². The van der Waals surface area contributed by atoms with Crippen molar-refractivity contribution in [2.75, 3.05) is 20.2 Å². The number of hydrogen-bond acceptors (Lipinski definition) is 3. The molecule has 0 radical (unpaired) electrons. The topological polar surface area (TPSA) is 66.8 Å². The van der Waals surface area contributed by atoms with E-state index in [1.54, 1.807) is 7.11 Å². The van der Waals surface area contributed by atoms with Crippen molar-refractivity contribution >= 4 is 11.9 Å². The average Bonchev–Trinajstić information content (AvgIpc) is 2.34. The zero-order valence-corrected chi connectivity index (χ0v) is 11.6. The molecule has 0 aromatic carbocycles. The van der Waals surface area contributed by atoms with E-state index in [0.29, 0.717) is 19.5 Å². The third kappa shape index (κ3) is 3.47. The lowest BCUT2D eigenvalue weighted by Gasteiger charge is -2.42. The Hall–Kier alpha value is -1.10. The summed E-state index contributed by atoms with van der Waals surface area (Å²) in [5.41, 5.74) is -0.213. The van der Waals surface area contributed by atoms with Gasteiger partial charge in [0.2, 0.25) is 5.91 Å². The van der Waals surface area contributed by atoms with Gasteiger partial charge >= 0.3 is 5.97 Å². The van der Waals surface area contributed by atoms with Gasteiger partial charge in [0.05, 0.1) is 12.0 Å². The number of carbonyl (C=O) groups is 2. The molecule has 1 aliphatic heterocycles. The first kappa shape index (κ1) is 14.3. The molecular formula is C14H23NO4. The summed E-state index contributed by atoms with van der Waals surface area (Å²) in [5, 5.41) is 8.77. The van der Waals surface area contributed by atoms with Gasteiger partial charge in [0.1, 0.15) is 0 Å². The molecule has 0 atom stereocenters. The largest absolute Gasteiger partial charge is 0.481 e. The maximum absolute atomic E-state index is 12.2. The van der Waals surface area contributed by atoms with E-state index in [0.717, 1.165) is 32.1 Å². The predicted octanol–water partition coefficient (Wildman–Crippen LogP) is 1.66. The Balaban J connectivity index is 1.77. The highest BCUT2D eigenvalue weighted by Crippen LogP contribution is 2.38. The van der Waals surface area contributed by atoms with Gasteiger partial charge in [0.15, 0.2) is 0 Å². The van der Waals surface area contributed by atoms with Gasteiger partial charge in [-0.1, -0.05) is 0 Å². The lowest BCUT2D eigenvalue weighted by molar-refractivity contribution is -0.145. The maximum atomic E-state index is 12.2. The molecule has 19 heavy (non-hydrogen) atoms. The molecule has 1 amide bonds. The average molecular weight is 269 g/mol. The van der Waals surface area contributed by atoms with Crippen LogP contribution in [0.1, 0.15) is 44.9 Å². The molecule has 0 unspecified atom stereocenters. The van der Waals surface area contributed by atoms with Crippen LogP contribution in [0.4, 0.5) is 0 Å². The fraction of sp³-hybridized carbons (Fsp3) is 0.857. The number of ether oxygens (including phenoxy) is 1. The van der Waals surface area contributed by atoms with Gasteiger partial charge in [0.25, 0.3) is 0 Å². The second-order valence-electron chi connectivity index (χ2n) is 5.84. The first-order chi connectivity index (χ1) is 9.04. The number of hydrogen-bond donors (Lipinski definition) is 1. The Morgan fingerprint density at radius 3 is 2.37 bits per heavy atom. The number of carbonyl (C=O) groups excluding carboxylic acids is 1. The second-order valence-corrected chi connectivity index (χ2v) is 5.84. The molecule has 5 nitrogen and oxygen atoms in total. The molecule has 1 saturated carbocycles. The van der Waals surface area contributed by atoms with Crippen LogP contribution in [0, 0.1) is 5.92 Å². The highest BCUT2D eigenvalue weighted by atomic mass is 16.5. The van der Waals surface area contributed by atoms with Crippen LogP contribution in [-0.2, 0) is 14.3 Å². The molecule has 5 heteroatoms. The normalized spacial score (nSPS) is 22.9. The number of rotatable bonds is 5. The van der Waals surface area contributed by atoms with E-state index < -0.39 is 5.97 Å². The molecular weight excluding hydrogens is 246 g/mol. The number of carboxylic acid groups (broad SMARTS) is 1. The van der Waals surface area contributed by atoms with Gasteiger partial charge in [0, 0.05) is 26.6 Å². The predicted molar refractivity (Wildman–Crippen MR) is 69.8 cm³/mol. The molecule has 0 aromatic heterocycles. The number of nitrogens with zero attached hydrogens (tertiary/aromatic N) is 1. The van der Waals surface area contributed by atoms with Crippen LogP contribution in [0.25, 0.3) is 0 Å². The second kappa shape index (κ2) is 5.90. The van der Waals surface area contributed by atoms with E-state index in [1.807, 2.05) is 4.90 Å². The summed E-state index contributed by atoms with van der Waals surface area (Å²) in [5.74, 6) is -0.352. The number of amides is 1. The highest BCUT2D eigenvalue weighted by molar-refractivity contribution is 5.77. The van der Waals surface area contributed by atoms with Gasteiger partial charge in [-0.2, -0.15) is 0 Å². The van der Waals surface area contributed by atoms with Crippen LogP contribution in [0.15, 0.2) is 0 Å². The van der Waals surface area contributed by atoms with E-state index in [2.05, 4.69) is 0 Å². The summed E-state index contributed by atoms with van der Waals surface area (Å²) < 4.78 is 5.48. The van der Waals surface area contributed by atoms with Crippen molar-refractivity contribution in [3.05, 3.63) is 0 Å². The van der Waals surface area contributed by atoms with Crippen molar-refractivity contribution in [2.24, 2.45) is 5.92 Å². The summed E-state index contributed by atoms with van der Waals surface area (Å²) >= 11 is 0. The zero-order chi connectivity index (χ0) is 13.9. The van der Waals surface area contributed by atoms with E-state index in [4.69, 9.17) is 9.84 Å². The minimum absolute atomic E-state index is 0.162. The van der Waals surface area contributed by atoms with Crippen LogP contribution in [-0.4, -0.2) is 47.7 Å². The van der Waals surface area contributed by atoms with Crippen LogP contribution in [0.2, 0.25) is 0 Å². The molecule has 108 valence electrons. The molecule has 2 fully saturated rings. The highest BCUT2D eigenvalue weighted by Gasteiger charge is 2.40. The smallest absolute Gasteiger partial charge is 0.303 e. The van der Waals surface area contributed by atoms with Crippen LogP contribution < -0.4 is 0 Å². The lowest BCUT2D eigenvalue weighted by Crippen LogP contribution is -2.47. The fourth-order valence-corrected chi connectivity index (χ4v) is 3.05. The molecule has 1 aliphatic carbocycles. The molecule has 1 heterocycles. The molecule has 2 aliphatic rings. The Morgan fingerprint density at radius 1 is 1.32 bits per heavy atom. The standard InChI is InChI=1S/C14H23NO4/c1-19-14(5-2-6-14)10-12(16)15-7-3-11(4-8-15)9-13(17)18/h11H,2-10H2,1H3,(H,17,18). The first-order valence-corrected chi connectivity index (χ1v) is 7.09. The Labute approximate surface area is 113 Å². The lowest BCUT2D eigenvalue weighted by atomic mass is 9.77. The number of piperidine rings is 1. The van der Waals surface area contributed by atoms with Gasteiger partial charge in [-0.3, -0.25) is 9.59 Å². The molecule has 1 saturated heterocycles. The Morgan fingerprint density at radius 2 is 1.95 bits per heavy atom. The van der Waals surface area contributed by atoms with Crippen LogP contribution >= 0.6 is 0 Å². The van der Waals surface area contributed by atoms with Crippen molar-refractivity contribution in [2.45, 2.75) is 50.5 Å². The van der Waals surface area contributed by atoms with E-state index >= 15 is 0 Å². The van der Waals surface area contributed by atoms with E-state index in [9.17, 15) is 9.59 Å². The van der Waals surface area contributed by atoms with Crippen LogP contribution in [0.3, 0.4) is 0 Å². The number of methoxy groups -OCH3 is 1. The van der Waals surface area contributed by atoms with Crippen molar-refractivity contribution in [1.29, 1.82) is 0 Å². The minimum Gasteiger partial charge on any atom is -0.481 e. The molecule has 0 aromatic rings. The quantitative estimate of drug-likeness (QED) is 0.824. The third-order valence-electron chi connectivity index (χ3n) is 4.60. The number of aliphatic carboxylic acids is 1. The molecule has 0 spiro atoms. The Bertz CT molecular complexity index is 338. The molecule has 2 rings (SSSR count). The minimum atomic E-state index is -0.738. The van der Waals surface area contributed by atoms with Crippen molar-refractivity contribution in [1.82, 2.24) is 4.90 Å². The molecule has 0 bridgehead atoms. The summed E-state index contributed by atoms with van der Waals surface area (Å²) in [6, 6.07) is 0. The number of likely N-dealkylation sites (tertiary alicyclic amines) is 1. The van der Waals surface area contributed by atoms with Gasteiger partial charge in [-0.05, 0) is 38.0 Å². The van der Waals surface area contributed by atoms with Crippen LogP contribution in [0.5, 0.6) is 0 Å². The Kier molecular flexibility index (Phi) is 4.45. The van der Waals surface area contributed by atoms with E-state index in [-0.39, 0.29) is 23.8 Å². The molecule has 1 N–H and O–H groups in total. The van der Waals surface area contributed by atoms with Gasteiger partial charge in [-0.25, -0.2) is 0 Å². The fourth-order valence-electron chi connectivity index (χ4n) is 3.05. The monoisotopic (exact) mass is 269 g/mol. The van der Waals surface area contributed by atoms with Gasteiger partial charge in [-0.15, -0.1) is 0 Å². The third-order valence-corrected chi connectivity index (χ3v) is 4.60. The summed E-state index contributed by atoms with van der Waals surface area (Å²) in [6.07, 6.45) is 5.41. The summed E-state index contributed by atoms with van der Waals surface area (Å²) in [6.45, 7) is 1.38. The van der Waals surface area contributed by atoms with E-state index in [1.165, 1.54) is 0 Å². The number of carboxylic acids is 1. The zero-order valence-electron chi connectivity index (χ0n) is 11.6. The van der Waals surface area contributed by atoms with Crippen molar-refractivity contribution in [3.8, 4) is 0 Å². The van der Waals surface area contributed by atoms with Crippen molar-refractivity contribution in [3.63, 3.8) is 0 Å². The summed E-state index contributed by atoms with van der Waals surface area (Å²) in [7, 11) is 1.69. The van der Waals surface area contributed by atoms with Gasteiger partial charge < -0.3 is 14.7 Å². The first-order valence-electron chi connectivity index (χ1n) is 7.09. The summed E-state index contributed by atoms with van der Waals surface area (Å²) in [4.78, 5) is 24.8. The maximum Gasteiger partial charge on any atom is 0.303 e.